The third-order valence-electron chi connectivity index (χ3n) is 6.10. The number of nitro benzene ring substituents is 1. The smallest absolute Gasteiger partial charge is 0.269 e. The average Bonchev–Trinajstić information content (AvgIpc) is 2.98. The molecule has 1 aliphatic heterocycles. The first-order chi connectivity index (χ1) is 19.1. The van der Waals surface area contributed by atoms with Gasteiger partial charge in [0, 0.05) is 30.9 Å². The minimum Gasteiger partial charge on any atom is -0.489 e. The zero-order valence-corrected chi connectivity index (χ0v) is 21.2. The van der Waals surface area contributed by atoms with Gasteiger partial charge in [-0.1, -0.05) is 18.2 Å². The molecule has 2 heterocycles. The zero-order valence-electron chi connectivity index (χ0n) is 21.2. The second kappa shape index (κ2) is 12.5. The minimum absolute atomic E-state index is 0.0552. The fourth-order valence-electron chi connectivity index (χ4n) is 4.05. The number of anilines is 4. The quantitative estimate of drug-likeness (QED) is 0.156. The monoisotopic (exact) mass is 524 g/mol. The Morgan fingerprint density at radius 1 is 0.897 bits per heavy atom. The van der Waals surface area contributed by atoms with Gasteiger partial charge in [0.1, 0.15) is 12.4 Å². The van der Waals surface area contributed by atoms with Gasteiger partial charge in [-0.3, -0.25) is 10.1 Å². The van der Waals surface area contributed by atoms with E-state index in [1.165, 1.54) is 18.6 Å². The van der Waals surface area contributed by atoms with Crippen LogP contribution in [0.3, 0.4) is 0 Å². The summed E-state index contributed by atoms with van der Waals surface area (Å²) in [5.41, 5.74) is 5.58. The lowest BCUT2D eigenvalue weighted by Gasteiger charge is -2.26. The second-order valence-electron chi connectivity index (χ2n) is 8.97. The van der Waals surface area contributed by atoms with Crippen molar-refractivity contribution in [2.75, 3.05) is 28.7 Å². The summed E-state index contributed by atoms with van der Waals surface area (Å²) in [5.74, 6) is 2.10. The van der Waals surface area contributed by atoms with Crippen molar-refractivity contribution in [2.24, 2.45) is 5.10 Å². The molecule has 0 saturated carbocycles. The Hall–Kier alpha value is -5.06. The van der Waals surface area contributed by atoms with Gasteiger partial charge in [0.25, 0.3) is 5.69 Å². The summed E-state index contributed by atoms with van der Waals surface area (Å²) >= 11 is 0. The maximum Gasteiger partial charge on any atom is 0.269 e. The molecule has 1 fully saturated rings. The number of rotatable bonds is 10. The summed E-state index contributed by atoms with van der Waals surface area (Å²) in [5, 5.41) is 18.4. The summed E-state index contributed by atoms with van der Waals surface area (Å²) in [7, 11) is 0. The Morgan fingerprint density at radius 2 is 1.62 bits per heavy atom. The molecule has 11 heteroatoms. The van der Waals surface area contributed by atoms with Crippen molar-refractivity contribution in [1.82, 2.24) is 15.0 Å². The van der Waals surface area contributed by atoms with Gasteiger partial charge >= 0.3 is 0 Å². The summed E-state index contributed by atoms with van der Waals surface area (Å²) in [6.45, 7) is 2.14. The molecule has 3 aromatic carbocycles. The van der Waals surface area contributed by atoms with Gasteiger partial charge in [0.15, 0.2) is 0 Å². The lowest BCUT2D eigenvalue weighted by atomic mass is 10.1. The predicted octanol–water partition coefficient (Wildman–Crippen LogP) is 5.54. The molecule has 39 heavy (non-hydrogen) atoms. The van der Waals surface area contributed by atoms with Gasteiger partial charge in [-0.15, -0.1) is 0 Å². The lowest BCUT2D eigenvalue weighted by Crippen LogP contribution is -2.31. The predicted molar refractivity (Wildman–Crippen MR) is 151 cm³/mol. The normalized spacial score (nSPS) is 13.3. The first-order valence-corrected chi connectivity index (χ1v) is 12.7. The van der Waals surface area contributed by atoms with Gasteiger partial charge in [-0.25, -0.2) is 5.43 Å². The summed E-state index contributed by atoms with van der Waals surface area (Å²) in [6, 6.07) is 23.5. The molecule has 1 aromatic heterocycles. The summed E-state index contributed by atoms with van der Waals surface area (Å²) < 4.78 is 5.79. The van der Waals surface area contributed by atoms with Gasteiger partial charge < -0.3 is 15.0 Å². The number of nitrogens with one attached hydrogen (secondary N) is 2. The van der Waals surface area contributed by atoms with E-state index in [-0.39, 0.29) is 5.69 Å². The van der Waals surface area contributed by atoms with Crippen LogP contribution >= 0.6 is 0 Å². The Kier molecular flexibility index (Phi) is 8.17. The van der Waals surface area contributed by atoms with E-state index in [1.807, 2.05) is 54.6 Å². The van der Waals surface area contributed by atoms with E-state index in [0.29, 0.717) is 30.2 Å². The number of hydrogen-bond acceptors (Lipinski definition) is 10. The maximum absolute atomic E-state index is 10.8. The number of non-ortho nitro benzene ring substituents is 1. The highest BCUT2D eigenvalue weighted by Gasteiger charge is 2.16. The minimum atomic E-state index is -0.422. The highest BCUT2D eigenvalue weighted by atomic mass is 16.6. The summed E-state index contributed by atoms with van der Waals surface area (Å²) in [6.07, 6.45) is 5.12. The Morgan fingerprint density at radius 3 is 2.33 bits per heavy atom. The number of nitrogens with zero attached hydrogens (tertiary/aromatic N) is 6. The summed E-state index contributed by atoms with van der Waals surface area (Å²) in [4.78, 5) is 26.3. The van der Waals surface area contributed by atoms with E-state index in [0.717, 1.165) is 42.7 Å². The first-order valence-electron chi connectivity index (χ1n) is 12.7. The van der Waals surface area contributed by atoms with Crippen LogP contribution < -0.4 is 20.4 Å². The van der Waals surface area contributed by atoms with Crippen molar-refractivity contribution >= 4 is 35.4 Å². The third-order valence-corrected chi connectivity index (χ3v) is 6.10. The molecular formula is C28H28N8O3. The van der Waals surface area contributed by atoms with Crippen molar-refractivity contribution in [3.63, 3.8) is 0 Å². The molecule has 11 nitrogen and oxygen atoms in total. The SMILES string of the molecule is O=[N+]([O-])c1ccc(COc2ccc(C=NNc3nc(Nc4ccccc4)nc(N4CCCCC4)n3)cc2)cc1. The van der Waals surface area contributed by atoms with Crippen molar-refractivity contribution in [2.45, 2.75) is 25.9 Å². The number of hydrogen-bond donors (Lipinski definition) is 2. The van der Waals surface area contributed by atoms with Crippen LogP contribution in [0, 0.1) is 10.1 Å². The number of ether oxygens (including phenoxy) is 1. The zero-order chi connectivity index (χ0) is 26.9. The van der Waals surface area contributed by atoms with E-state index in [4.69, 9.17) is 4.74 Å². The standard InChI is InChI=1S/C28H28N8O3/c37-36(38)24-13-9-22(10-14-24)20-39-25-15-11-21(12-16-25)19-29-34-27-31-26(30-23-7-3-1-4-8-23)32-28(33-27)35-17-5-2-6-18-35/h1,3-4,7-16,19H,2,5-6,17-18,20H2,(H2,30,31,32,33,34). The molecule has 0 spiro atoms. The number of benzene rings is 3. The third kappa shape index (κ3) is 7.25. The number of nitro groups is 1. The molecule has 0 aliphatic carbocycles. The van der Waals surface area contributed by atoms with Crippen molar-refractivity contribution in [1.29, 1.82) is 0 Å². The van der Waals surface area contributed by atoms with Crippen molar-refractivity contribution < 1.29 is 9.66 Å². The fourth-order valence-corrected chi connectivity index (χ4v) is 4.05. The molecule has 198 valence electrons. The number of hydrazone groups is 1. The molecule has 4 aromatic rings. The van der Waals surface area contributed by atoms with Crippen LogP contribution in [-0.2, 0) is 6.61 Å². The van der Waals surface area contributed by atoms with E-state index < -0.39 is 4.92 Å². The topological polar surface area (TPSA) is 131 Å². The van der Waals surface area contributed by atoms with Crippen molar-refractivity contribution in [3.8, 4) is 5.75 Å². The molecule has 0 unspecified atom stereocenters. The molecule has 0 bridgehead atoms. The number of piperidine rings is 1. The van der Waals surface area contributed by atoms with Gasteiger partial charge in [-0.05, 0) is 78.9 Å². The largest absolute Gasteiger partial charge is 0.489 e. The molecule has 2 N–H and O–H groups in total. The Balaban J connectivity index is 1.22. The molecule has 1 aliphatic rings. The van der Waals surface area contributed by atoms with E-state index >= 15 is 0 Å². The molecule has 0 amide bonds. The lowest BCUT2D eigenvalue weighted by molar-refractivity contribution is -0.384. The first kappa shape index (κ1) is 25.6. The maximum atomic E-state index is 10.8. The van der Waals surface area contributed by atoms with E-state index in [2.05, 4.69) is 35.7 Å². The second-order valence-corrected chi connectivity index (χ2v) is 8.97. The van der Waals surface area contributed by atoms with Crippen LogP contribution in [0.4, 0.5) is 29.2 Å². The van der Waals surface area contributed by atoms with Crippen LogP contribution in [0.25, 0.3) is 0 Å². The Labute approximate surface area is 225 Å². The molecule has 5 rings (SSSR count). The van der Waals surface area contributed by atoms with Gasteiger partial charge in [0.2, 0.25) is 17.8 Å². The fraction of sp³-hybridized carbons (Fsp3) is 0.214. The average molecular weight is 525 g/mol. The van der Waals surface area contributed by atoms with Crippen LogP contribution in [0.5, 0.6) is 5.75 Å². The van der Waals surface area contributed by atoms with Crippen LogP contribution in [0.15, 0.2) is 84.0 Å². The van der Waals surface area contributed by atoms with Gasteiger partial charge in [0.05, 0.1) is 11.1 Å². The molecule has 1 saturated heterocycles. The van der Waals surface area contributed by atoms with E-state index in [1.54, 1.807) is 18.3 Å². The highest BCUT2D eigenvalue weighted by Crippen LogP contribution is 2.21. The number of para-hydroxylation sites is 1. The van der Waals surface area contributed by atoms with Gasteiger partial charge in [-0.2, -0.15) is 20.1 Å². The molecule has 0 atom stereocenters. The highest BCUT2D eigenvalue weighted by molar-refractivity contribution is 5.80. The number of aromatic nitrogens is 3. The van der Waals surface area contributed by atoms with Crippen molar-refractivity contribution in [3.05, 3.63) is 100 Å². The molecular weight excluding hydrogens is 496 g/mol. The van der Waals surface area contributed by atoms with Crippen LogP contribution in [-0.4, -0.2) is 39.2 Å². The molecule has 0 radical (unpaired) electrons. The van der Waals surface area contributed by atoms with Crippen LogP contribution in [0.2, 0.25) is 0 Å². The Bertz CT molecular complexity index is 1410. The van der Waals surface area contributed by atoms with Crippen LogP contribution in [0.1, 0.15) is 30.4 Å². The van der Waals surface area contributed by atoms with E-state index in [9.17, 15) is 10.1 Å².